The van der Waals surface area contributed by atoms with Crippen molar-refractivity contribution in [2.45, 2.75) is 12.5 Å². The maximum atomic E-state index is 13.6. The third-order valence-corrected chi connectivity index (χ3v) is 6.26. The minimum Gasteiger partial charge on any atom is -0.497 e. The van der Waals surface area contributed by atoms with Gasteiger partial charge in [-0.3, -0.25) is 4.79 Å². The van der Waals surface area contributed by atoms with Crippen LogP contribution >= 0.6 is 0 Å². The highest BCUT2D eigenvalue weighted by atomic mass is 16.5. The molecule has 164 valence electrons. The van der Waals surface area contributed by atoms with Gasteiger partial charge in [-0.15, -0.1) is 0 Å². The maximum absolute atomic E-state index is 13.6. The average molecular weight is 431 g/mol. The van der Waals surface area contributed by atoms with E-state index in [1.165, 1.54) is 6.39 Å². The van der Waals surface area contributed by atoms with E-state index in [0.717, 1.165) is 47.6 Å². The van der Waals surface area contributed by atoms with Gasteiger partial charge >= 0.3 is 0 Å². The molecule has 0 unspecified atom stereocenters. The van der Waals surface area contributed by atoms with Gasteiger partial charge in [0.15, 0.2) is 6.39 Å². The molecule has 7 heteroatoms. The number of oxazole rings is 1. The molecular weight excluding hydrogens is 404 g/mol. The minimum atomic E-state index is 0.0268. The Morgan fingerprint density at radius 1 is 1.19 bits per heavy atom. The maximum Gasteiger partial charge on any atom is 0.256 e. The summed E-state index contributed by atoms with van der Waals surface area (Å²) in [7, 11) is 5.78. The highest BCUT2D eigenvalue weighted by Gasteiger charge is 2.31. The number of carbonyl (C=O) groups is 1. The number of rotatable bonds is 5. The molecule has 0 aliphatic carbocycles. The lowest BCUT2D eigenvalue weighted by molar-refractivity contribution is 0.0784. The summed E-state index contributed by atoms with van der Waals surface area (Å²) in [5, 5.41) is 0. The number of likely N-dealkylation sites (tertiary alicyclic amines) is 1. The molecule has 32 heavy (non-hydrogen) atoms. The van der Waals surface area contributed by atoms with E-state index in [1.807, 2.05) is 51.9 Å². The molecule has 7 nitrogen and oxygen atoms in total. The summed E-state index contributed by atoms with van der Waals surface area (Å²) in [4.78, 5) is 22.0. The van der Waals surface area contributed by atoms with Crippen molar-refractivity contribution in [1.82, 2.24) is 19.2 Å². The molecule has 1 saturated heterocycles. The predicted molar refractivity (Wildman–Crippen MR) is 123 cm³/mol. The molecule has 0 saturated carbocycles. The fraction of sp³-hybridized carbons (Fsp3) is 0.280. The van der Waals surface area contributed by atoms with Crippen LogP contribution in [0, 0.1) is 0 Å². The van der Waals surface area contributed by atoms with Gasteiger partial charge in [-0.2, -0.15) is 0 Å². The molecule has 5 rings (SSSR count). The number of hydrogen-bond acceptors (Lipinski definition) is 5. The number of methoxy groups -OCH3 is 1. The average Bonchev–Trinajstić information content (AvgIpc) is 3.57. The van der Waals surface area contributed by atoms with Crippen molar-refractivity contribution < 1.29 is 13.9 Å². The van der Waals surface area contributed by atoms with Crippen molar-refractivity contribution in [1.29, 1.82) is 0 Å². The first-order chi connectivity index (χ1) is 15.5. The van der Waals surface area contributed by atoms with Crippen LogP contribution in [0.25, 0.3) is 28.0 Å². The number of benzene rings is 1. The molecule has 1 atom stereocenters. The van der Waals surface area contributed by atoms with Crippen LogP contribution in [0.15, 0.2) is 65.7 Å². The Labute approximate surface area is 186 Å². The number of ether oxygens (including phenoxy) is 1. The number of aromatic nitrogens is 2. The molecule has 1 aliphatic rings. The second-order valence-electron chi connectivity index (χ2n) is 8.38. The second-order valence-corrected chi connectivity index (χ2v) is 8.38. The zero-order valence-corrected chi connectivity index (χ0v) is 18.5. The highest BCUT2D eigenvalue weighted by Crippen LogP contribution is 2.32. The third-order valence-electron chi connectivity index (χ3n) is 6.26. The van der Waals surface area contributed by atoms with Crippen molar-refractivity contribution in [3.63, 3.8) is 0 Å². The van der Waals surface area contributed by atoms with E-state index in [-0.39, 0.29) is 5.91 Å². The monoisotopic (exact) mass is 430 g/mol. The van der Waals surface area contributed by atoms with Gasteiger partial charge in [0.05, 0.1) is 18.4 Å². The van der Waals surface area contributed by atoms with Gasteiger partial charge in [-0.1, -0.05) is 18.2 Å². The lowest BCUT2D eigenvalue weighted by Crippen LogP contribution is -2.34. The largest absolute Gasteiger partial charge is 0.497 e. The van der Waals surface area contributed by atoms with Crippen LogP contribution in [0.3, 0.4) is 0 Å². The van der Waals surface area contributed by atoms with Crippen molar-refractivity contribution in [3.8, 4) is 28.3 Å². The van der Waals surface area contributed by atoms with E-state index in [4.69, 9.17) is 9.15 Å². The van der Waals surface area contributed by atoms with Crippen molar-refractivity contribution >= 4 is 11.4 Å². The molecule has 4 aromatic rings. The molecule has 0 spiro atoms. The molecule has 4 heterocycles. The zero-order chi connectivity index (χ0) is 22.2. The lowest BCUT2D eigenvalue weighted by Gasteiger charge is -2.20. The molecule has 1 amide bonds. The fourth-order valence-corrected chi connectivity index (χ4v) is 4.41. The summed E-state index contributed by atoms with van der Waals surface area (Å²) in [6.45, 7) is 1.48. The molecular formula is C25H26N4O3. The van der Waals surface area contributed by atoms with E-state index in [0.29, 0.717) is 17.3 Å². The lowest BCUT2D eigenvalue weighted by atomic mass is 10.1. The molecule has 0 bridgehead atoms. The van der Waals surface area contributed by atoms with Crippen LogP contribution in [0.2, 0.25) is 0 Å². The highest BCUT2D eigenvalue weighted by molar-refractivity contribution is 6.02. The number of hydrogen-bond donors (Lipinski definition) is 0. The molecule has 1 aromatic carbocycles. The number of nitrogens with zero attached hydrogens (tertiary/aromatic N) is 4. The van der Waals surface area contributed by atoms with Crippen LogP contribution in [-0.2, 0) is 0 Å². The second kappa shape index (κ2) is 8.16. The number of likely N-dealkylation sites (N-methyl/N-ethyl adjacent to an activating group) is 1. The Hall–Kier alpha value is -3.58. The molecule has 0 N–H and O–H groups in total. The molecule has 3 aromatic heterocycles. The summed E-state index contributed by atoms with van der Waals surface area (Å²) < 4.78 is 12.7. The van der Waals surface area contributed by atoms with Crippen LogP contribution < -0.4 is 4.74 Å². The van der Waals surface area contributed by atoms with Crippen LogP contribution in [-0.4, -0.2) is 65.4 Å². The Kier molecular flexibility index (Phi) is 5.19. The van der Waals surface area contributed by atoms with Crippen molar-refractivity contribution in [2.24, 2.45) is 0 Å². The summed E-state index contributed by atoms with van der Waals surface area (Å²) in [5.74, 6) is 0.825. The Bertz CT molecular complexity index is 1260. The zero-order valence-electron chi connectivity index (χ0n) is 18.5. The minimum absolute atomic E-state index is 0.0268. The number of carbonyl (C=O) groups excluding carboxylic acids is 1. The summed E-state index contributed by atoms with van der Waals surface area (Å²) in [5.41, 5.74) is 5.01. The predicted octanol–water partition coefficient (Wildman–Crippen LogP) is 4.05. The molecule has 1 fully saturated rings. The standard InChI is InChI=1S/C25H26N4O3/c1-27(2)20-9-10-28(14-20)25(30)22-12-19-8-7-18(17-5-4-6-21(11-17)31-3)13-29(19)24(22)23-15-32-16-26-23/h4-8,11-13,15-16,20H,9-10,14H2,1-3H3/t20-/m1/s1. The van der Waals surface area contributed by atoms with E-state index in [2.05, 4.69) is 30.0 Å². The topological polar surface area (TPSA) is 63.2 Å². The summed E-state index contributed by atoms with van der Waals surface area (Å²) >= 11 is 0. The number of amides is 1. The van der Waals surface area contributed by atoms with Crippen LogP contribution in [0.4, 0.5) is 0 Å². The van der Waals surface area contributed by atoms with Gasteiger partial charge < -0.3 is 23.4 Å². The SMILES string of the molecule is COc1cccc(-c2ccc3cc(C(=O)N4CC[C@@H](N(C)C)C4)c(-c4cocn4)n3c2)c1. The fourth-order valence-electron chi connectivity index (χ4n) is 4.41. The van der Waals surface area contributed by atoms with Gasteiger partial charge in [0.25, 0.3) is 5.91 Å². The Morgan fingerprint density at radius 3 is 2.78 bits per heavy atom. The number of fused-ring (bicyclic) bond motifs is 1. The van der Waals surface area contributed by atoms with E-state index in [9.17, 15) is 4.79 Å². The van der Waals surface area contributed by atoms with Crippen LogP contribution in [0.5, 0.6) is 5.75 Å². The quantitative estimate of drug-likeness (QED) is 0.478. The summed E-state index contributed by atoms with van der Waals surface area (Å²) in [6.07, 6.45) is 6.00. The Balaban J connectivity index is 1.61. The van der Waals surface area contributed by atoms with E-state index < -0.39 is 0 Å². The van der Waals surface area contributed by atoms with Gasteiger partial charge in [-0.05, 0) is 55.9 Å². The Morgan fingerprint density at radius 2 is 2.06 bits per heavy atom. The number of pyridine rings is 1. The first kappa shape index (κ1) is 20.3. The van der Waals surface area contributed by atoms with Gasteiger partial charge in [0.1, 0.15) is 17.7 Å². The molecule has 1 aliphatic heterocycles. The smallest absolute Gasteiger partial charge is 0.256 e. The van der Waals surface area contributed by atoms with E-state index >= 15 is 0 Å². The first-order valence-electron chi connectivity index (χ1n) is 10.7. The third kappa shape index (κ3) is 3.54. The molecule has 0 radical (unpaired) electrons. The first-order valence-corrected chi connectivity index (χ1v) is 10.7. The summed E-state index contributed by atoms with van der Waals surface area (Å²) in [6, 6.07) is 14.3. The van der Waals surface area contributed by atoms with E-state index in [1.54, 1.807) is 13.4 Å². The normalized spacial score (nSPS) is 16.2. The van der Waals surface area contributed by atoms with Crippen molar-refractivity contribution in [2.75, 3.05) is 34.3 Å². The van der Waals surface area contributed by atoms with Gasteiger partial charge in [0.2, 0.25) is 0 Å². The van der Waals surface area contributed by atoms with Crippen LogP contribution in [0.1, 0.15) is 16.8 Å². The van der Waals surface area contributed by atoms with Gasteiger partial charge in [0, 0.05) is 30.8 Å². The van der Waals surface area contributed by atoms with Crippen molar-refractivity contribution in [3.05, 3.63) is 66.9 Å². The van der Waals surface area contributed by atoms with Gasteiger partial charge in [-0.25, -0.2) is 4.98 Å².